The van der Waals surface area contributed by atoms with Crippen molar-refractivity contribution >= 4 is 17.6 Å². The lowest BCUT2D eigenvalue weighted by Crippen LogP contribution is -1.96. The number of carboxylic acid groups (broad SMARTS) is 1. The van der Waals surface area contributed by atoms with Crippen LogP contribution in [0.2, 0.25) is 5.02 Å². The van der Waals surface area contributed by atoms with Gasteiger partial charge in [-0.15, -0.1) is 0 Å². The Hall–Kier alpha value is -1.88. The predicted molar refractivity (Wildman–Crippen MR) is 60.6 cm³/mol. The van der Waals surface area contributed by atoms with Gasteiger partial charge in [-0.2, -0.15) is 5.10 Å². The molecule has 2 aromatic rings. The van der Waals surface area contributed by atoms with Crippen molar-refractivity contribution in [3.05, 3.63) is 40.8 Å². The van der Waals surface area contributed by atoms with Gasteiger partial charge in [0.2, 0.25) is 0 Å². The fraction of sp³-hybridized carbons (Fsp3) is 0.0909. The van der Waals surface area contributed by atoms with Crippen molar-refractivity contribution in [3.63, 3.8) is 0 Å². The third-order valence-corrected chi connectivity index (χ3v) is 2.54. The summed E-state index contributed by atoms with van der Waals surface area (Å²) in [6.45, 7) is 0. The smallest absolute Gasteiger partial charge is 0.339 e. The zero-order valence-electron chi connectivity index (χ0n) is 8.82. The van der Waals surface area contributed by atoms with Crippen molar-refractivity contribution in [1.29, 1.82) is 0 Å². The summed E-state index contributed by atoms with van der Waals surface area (Å²) in [5, 5.41) is 13.0. The highest BCUT2D eigenvalue weighted by Crippen LogP contribution is 2.26. The molecule has 1 N–H and O–H groups in total. The van der Waals surface area contributed by atoms with Crippen LogP contribution in [0.4, 0.5) is 4.39 Å². The van der Waals surface area contributed by atoms with Gasteiger partial charge >= 0.3 is 5.97 Å². The number of hydrogen-bond donors (Lipinski definition) is 1. The average Bonchev–Trinajstić information content (AvgIpc) is 2.64. The lowest BCUT2D eigenvalue weighted by Gasteiger charge is -2.00. The number of aromatic carboxylic acids is 1. The van der Waals surface area contributed by atoms with Crippen LogP contribution in [0.25, 0.3) is 11.3 Å². The second-order valence-electron chi connectivity index (χ2n) is 3.50. The minimum absolute atomic E-state index is 0.0511. The van der Waals surface area contributed by atoms with Gasteiger partial charge in [-0.25, -0.2) is 9.18 Å². The molecule has 0 bridgehead atoms. The van der Waals surface area contributed by atoms with Gasteiger partial charge in [-0.3, -0.25) is 4.68 Å². The Morgan fingerprint density at radius 2 is 2.24 bits per heavy atom. The third-order valence-electron chi connectivity index (χ3n) is 2.25. The number of aromatic nitrogens is 2. The van der Waals surface area contributed by atoms with Gasteiger partial charge in [0, 0.05) is 18.8 Å². The molecule has 0 fully saturated rings. The van der Waals surface area contributed by atoms with E-state index < -0.39 is 11.8 Å². The maximum absolute atomic E-state index is 13.0. The first-order valence-electron chi connectivity index (χ1n) is 4.71. The number of carboxylic acids is 1. The quantitative estimate of drug-likeness (QED) is 0.896. The van der Waals surface area contributed by atoms with Crippen molar-refractivity contribution in [1.82, 2.24) is 9.78 Å². The summed E-state index contributed by atoms with van der Waals surface area (Å²) in [5.41, 5.74) is 0.784. The van der Waals surface area contributed by atoms with Crippen LogP contribution < -0.4 is 0 Å². The molecule has 1 aromatic carbocycles. The highest BCUT2D eigenvalue weighted by Gasteiger charge is 2.16. The van der Waals surface area contributed by atoms with Crippen molar-refractivity contribution < 1.29 is 14.3 Å². The van der Waals surface area contributed by atoms with Crippen LogP contribution >= 0.6 is 11.6 Å². The molecule has 0 aliphatic heterocycles. The van der Waals surface area contributed by atoms with Crippen LogP contribution in [0.15, 0.2) is 24.4 Å². The molecule has 0 atom stereocenters. The van der Waals surface area contributed by atoms with E-state index in [2.05, 4.69) is 5.10 Å². The minimum atomic E-state index is -1.09. The van der Waals surface area contributed by atoms with E-state index in [-0.39, 0.29) is 16.3 Å². The van der Waals surface area contributed by atoms with E-state index in [0.29, 0.717) is 5.56 Å². The van der Waals surface area contributed by atoms with E-state index in [1.54, 1.807) is 7.05 Å². The zero-order chi connectivity index (χ0) is 12.6. The molecule has 17 heavy (non-hydrogen) atoms. The molecule has 1 aromatic heterocycles. The number of benzene rings is 1. The molecule has 0 aliphatic rings. The molecule has 0 unspecified atom stereocenters. The van der Waals surface area contributed by atoms with Crippen LogP contribution in [0, 0.1) is 5.82 Å². The highest BCUT2D eigenvalue weighted by molar-refractivity contribution is 6.31. The molecule has 88 valence electrons. The van der Waals surface area contributed by atoms with Crippen molar-refractivity contribution in [2.45, 2.75) is 0 Å². The molecule has 6 heteroatoms. The lowest BCUT2D eigenvalue weighted by molar-refractivity contribution is 0.0697. The maximum Gasteiger partial charge on any atom is 0.339 e. The van der Waals surface area contributed by atoms with E-state index in [9.17, 15) is 9.18 Å². The molecule has 0 amide bonds. The van der Waals surface area contributed by atoms with Crippen LogP contribution in [-0.4, -0.2) is 20.9 Å². The fourth-order valence-electron chi connectivity index (χ4n) is 1.50. The molecule has 0 saturated heterocycles. The first-order valence-corrected chi connectivity index (χ1v) is 5.09. The number of carbonyl (C=O) groups is 1. The van der Waals surface area contributed by atoms with E-state index in [4.69, 9.17) is 16.7 Å². The predicted octanol–water partition coefficient (Wildman–Crippen LogP) is 2.58. The number of aryl methyl sites for hydroxylation is 1. The van der Waals surface area contributed by atoms with Gasteiger partial charge in [-0.1, -0.05) is 11.6 Å². The Bertz CT molecular complexity index is 595. The summed E-state index contributed by atoms with van der Waals surface area (Å²) < 4.78 is 14.4. The summed E-state index contributed by atoms with van der Waals surface area (Å²) in [6.07, 6.45) is 1.38. The third kappa shape index (κ3) is 2.14. The largest absolute Gasteiger partial charge is 0.478 e. The molecule has 4 nitrogen and oxygen atoms in total. The maximum atomic E-state index is 13.0. The molecular formula is C11H8ClFN2O2. The first kappa shape index (κ1) is 11.6. The van der Waals surface area contributed by atoms with Gasteiger partial charge in [-0.05, 0) is 18.2 Å². The van der Waals surface area contributed by atoms with Gasteiger partial charge in [0.15, 0.2) is 0 Å². The zero-order valence-corrected chi connectivity index (χ0v) is 9.57. The van der Waals surface area contributed by atoms with Gasteiger partial charge in [0.25, 0.3) is 0 Å². The molecule has 1 heterocycles. The number of nitrogens with zero attached hydrogens (tertiary/aromatic N) is 2. The number of halogens is 2. The second-order valence-corrected chi connectivity index (χ2v) is 3.91. The van der Waals surface area contributed by atoms with Crippen LogP contribution in [-0.2, 0) is 7.05 Å². The Morgan fingerprint density at radius 3 is 2.82 bits per heavy atom. The normalized spacial score (nSPS) is 10.5. The van der Waals surface area contributed by atoms with E-state index >= 15 is 0 Å². The molecule has 0 saturated carbocycles. The average molecular weight is 255 g/mol. The fourth-order valence-corrected chi connectivity index (χ4v) is 1.68. The molecule has 0 aliphatic carbocycles. The second kappa shape index (κ2) is 4.18. The number of rotatable bonds is 2. The molecule has 2 rings (SSSR count). The Labute approximate surface area is 101 Å². The Balaban J connectivity index is 2.59. The summed E-state index contributed by atoms with van der Waals surface area (Å²) in [4.78, 5) is 11.0. The van der Waals surface area contributed by atoms with Gasteiger partial charge in [0.1, 0.15) is 17.1 Å². The molecule has 0 radical (unpaired) electrons. The summed E-state index contributed by atoms with van der Waals surface area (Å²) in [7, 11) is 1.61. The summed E-state index contributed by atoms with van der Waals surface area (Å²) >= 11 is 5.65. The number of hydrogen-bond acceptors (Lipinski definition) is 2. The van der Waals surface area contributed by atoms with Crippen molar-refractivity contribution in [2.24, 2.45) is 7.05 Å². The van der Waals surface area contributed by atoms with E-state index in [1.165, 1.54) is 29.1 Å². The minimum Gasteiger partial charge on any atom is -0.478 e. The first-order chi connectivity index (χ1) is 7.99. The monoisotopic (exact) mass is 254 g/mol. The lowest BCUT2D eigenvalue weighted by atomic mass is 10.1. The van der Waals surface area contributed by atoms with Crippen LogP contribution in [0.5, 0.6) is 0 Å². The highest BCUT2D eigenvalue weighted by atomic mass is 35.5. The van der Waals surface area contributed by atoms with Crippen LogP contribution in [0.1, 0.15) is 10.4 Å². The standard InChI is InChI=1S/C11H8ClFN2O2/c1-15-5-7(11(16)17)10(14-15)6-2-3-9(13)8(12)4-6/h2-5H,1H3,(H,16,17). The topological polar surface area (TPSA) is 55.1 Å². The molecule has 0 spiro atoms. The SMILES string of the molecule is Cn1cc(C(=O)O)c(-c2ccc(F)c(Cl)c2)n1. The Morgan fingerprint density at radius 1 is 1.53 bits per heavy atom. The van der Waals surface area contributed by atoms with Crippen molar-refractivity contribution in [2.75, 3.05) is 0 Å². The van der Waals surface area contributed by atoms with Gasteiger partial charge < -0.3 is 5.11 Å². The van der Waals surface area contributed by atoms with E-state index in [0.717, 1.165) is 0 Å². The summed E-state index contributed by atoms with van der Waals surface area (Å²) in [5.74, 6) is -1.64. The van der Waals surface area contributed by atoms with Crippen LogP contribution in [0.3, 0.4) is 0 Å². The van der Waals surface area contributed by atoms with Gasteiger partial charge in [0.05, 0.1) is 5.02 Å². The summed E-state index contributed by atoms with van der Waals surface area (Å²) in [6, 6.07) is 3.97. The molecular weight excluding hydrogens is 247 g/mol. The Kier molecular flexibility index (Phi) is 2.85. The van der Waals surface area contributed by atoms with Crippen molar-refractivity contribution in [3.8, 4) is 11.3 Å². The van der Waals surface area contributed by atoms with E-state index in [1.807, 2.05) is 0 Å².